The van der Waals surface area contributed by atoms with Crippen molar-refractivity contribution in [3.05, 3.63) is 65.8 Å². The summed E-state index contributed by atoms with van der Waals surface area (Å²) in [4.78, 5) is 28.3. The number of hydrogen-bond donors (Lipinski definition) is 0. The monoisotopic (exact) mass is 402 g/mol. The maximum Gasteiger partial charge on any atom is 0.312 e. The van der Waals surface area contributed by atoms with E-state index in [4.69, 9.17) is 0 Å². The Morgan fingerprint density at radius 3 is 2.81 bits per heavy atom. The predicted molar refractivity (Wildman–Crippen MR) is 104 cm³/mol. The van der Waals surface area contributed by atoms with Gasteiger partial charge in [-0.25, -0.2) is 0 Å². The molecule has 1 aliphatic rings. The molecule has 0 bridgehead atoms. The second-order valence-electron chi connectivity index (χ2n) is 6.49. The summed E-state index contributed by atoms with van der Waals surface area (Å²) in [6.45, 7) is 3.87. The van der Waals surface area contributed by atoms with Crippen LogP contribution in [0.5, 0.6) is 0 Å². The Labute approximate surface area is 164 Å². The first-order valence-electron chi connectivity index (χ1n) is 8.55. The molecule has 0 fully saturated rings. The van der Waals surface area contributed by atoms with E-state index in [2.05, 4.69) is 22.6 Å². The second-order valence-corrected chi connectivity index (χ2v) is 8.47. The molecule has 3 aromatic heterocycles. The molecule has 0 aliphatic carbocycles. The molecule has 0 aromatic carbocycles. The first-order chi connectivity index (χ1) is 13.0. The number of aryl methyl sites for hydroxylation is 1. The van der Waals surface area contributed by atoms with Crippen molar-refractivity contribution in [2.75, 3.05) is 6.54 Å². The van der Waals surface area contributed by atoms with E-state index >= 15 is 0 Å². The van der Waals surface area contributed by atoms with Crippen LogP contribution < -0.4 is 0 Å². The van der Waals surface area contributed by atoms with Crippen LogP contribution in [0.3, 0.4) is 0 Å². The molecular formula is C18H18N4O3S2. The average Bonchev–Trinajstić information content (AvgIpc) is 3.35. The smallest absolute Gasteiger partial charge is 0.312 e. The molecule has 0 N–H and O–H groups in total. The molecule has 1 amide bonds. The summed E-state index contributed by atoms with van der Waals surface area (Å²) in [5.41, 5.74) is 1.91. The SMILES string of the molecule is Cc1nn(CC(=O)N2CCc3sccc3C2c2cccs2)c(C)c1[N+](=O)[O-]. The van der Waals surface area contributed by atoms with Crippen LogP contribution in [-0.2, 0) is 17.8 Å². The number of aromatic nitrogens is 2. The Kier molecular flexibility index (Phi) is 4.56. The van der Waals surface area contributed by atoms with Crippen LogP contribution in [0.15, 0.2) is 29.0 Å². The lowest BCUT2D eigenvalue weighted by Crippen LogP contribution is -2.41. The van der Waals surface area contributed by atoms with E-state index in [1.165, 1.54) is 15.1 Å². The fourth-order valence-corrected chi connectivity index (χ4v) is 5.42. The van der Waals surface area contributed by atoms with Crippen LogP contribution >= 0.6 is 22.7 Å². The van der Waals surface area contributed by atoms with E-state index in [1.807, 2.05) is 16.3 Å². The van der Waals surface area contributed by atoms with Crippen molar-refractivity contribution in [3.63, 3.8) is 0 Å². The summed E-state index contributed by atoms with van der Waals surface area (Å²) >= 11 is 3.37. The highest BCUT2D eigenvalue weighted by molar-refractivity contribution is 7.10. The van der Waals surface area contributed by atoms with Crippen LogP contribution in [-0.4, -0.2) is 32.1 Å². The van der Waals surface area contributed by atoms with E-state index in [9.17, 15) is 14.9 Å². The van der Waals surface area contributed by atoms with Gasteiger partial charge >= 0.3 is 5.69 Å². The van der Waals surface area contributed by atoms with E-state index in [0.29, 0.717) is 17.9 Å². The van der Waals surface area contributed by atoms with E-state index in [-0.39, 0.29) is 24.2 Å². The normalized spacial score (nSPS) is 16.4. The summed E-state index contributed by atoms with van der Waals surface area (Å²) < 4.78 is 1.45. The van der Waals surface area contributed by atoms with Gasteiger partial charge in [-0.1, -0.05) is 6.07 Å². The summed E-state index contributed by atoms with van der Waals surface area (Å²) in [5, 5.41) is 19.5. The van der Waals surface area contributed by atoms with Crippen LogP contribution in [0.25, 0.3) is 0 Å². The number of hydrogen-bond acceptors (Lipinski definition) is 6. The van der Waals surface area contributed by atoms with Crippen LogP contribution in [0, 0.1) is 24.0 Å². The van der Waals surface area contributed by atoms with Gasteiger partial charge in [0.25, 0.3) is 0 Å². The molecule has 0 radical (unpaired) electrons. The highest BCUT2D eigenvalue weighted by atomic mass is 32.1. The molecule has 4 heterocycles. The Balaban J connectivity index is 1.65. The maximum absolute atomic E-state index is 13.2. The van der Waals surface area contributed by atoms with Crippen molar-refractivity contribution < 1.29 is 9.72 Å². The average molecular weight is 403 g/mol. The molecule has 4 rings (SSSR count). The van der Waals surface area contributed by atoms with Gasteiger partial charge < -0.3 is 4.90 Å². The predicted octanol–water partition coefficient (Wildman–Crippen LogP) is 3.71. The van der Waals surface area contributed by atoms with Crippen molar-refractivity contribution in [3.8, 4) is 0 Å². The first-order valence-corrected chi connectivity index (χ1v) is 10.3. The molecule has 3 aromatic rings. The third kappa shape index (κ3) is 3.06. The zero-order valence-electron chi connectivity index (χ0n) is 14.9. The Morgan fingerprint density at radius 1 is 1.33 bits per heavy atom. The molecule has 0 saturated carbocycles. The molecule has 0 spiro atoms. The van der Waals surface area contributed by atoms with Crippen molar-refractivity contribution in [2.24, 2.45) is 0 Å². The number of thiophene rings is 2. The van der Waals surface area contributed by atoms with Gasteiger partial charge in [0.1, 0.15) is 17.9 Å². The molecule has 140 valence electrons. The van der Waals surface area contributed by atoms with Gasteiger partial charge in [-0.15, -0.1) is 22.7 Å². The number of nitrogens with zero attached hydrogens (tertiary/aromatic N) is 4. The zero-order valence-corrected chi connectivity index (χ0v) is 16.5. The topological polar surface area (TPSA) is 81.3 Å². The van der Waals surface area contributed by atoms with Crippen molar-refractivity contribution in [2.45, 2.75) is 32.9 Å². The Morgan fingerprint density at radius 2 is 2.15 bits per heavy atom. The number of carbonyl (C=O) groups is 1. The lowest BCUT2D eigenvalue weighted by atomic mass is 9.98. The molecule has 27 heavy (non-hydrogen) atoms. The van der Waals surface area contributed by atoms with E-state index in [1.54, 1.807) is 36.5 Å². The molecular weight excluding hydrogens is 384 g/mol. The summed E-state index contributed by atoms with van der Waals surface area (Å²) in [7, 11) is 0. The van der Waals surface area contributed by atoms with Gasteiger partial charge in [0.15, 0.2) is 0 Å². The van der Waals surface area contributed by atoms with Crippen molar-refractivity contribution >= 4 is 34.3 Å². The number of carbonyl (C=O) groups excluding carboxylic acids is 1. The third-order valence-electron chi connectivity index (χ3n) is 4.91. The summed E-state index contributed by atoms with van der Waals surface area (Å²) in [6, 6.07) is 6.04. The van der Waals surface area contributed by atoms with Crippen LogP contribution in [0.1, 0.15) is 32.7 Å². The first kappa shape index (κ1) is 17.9. The molecule has 1 unspecified atom stereocenters. The van der Waals surface area contributed by atoms with E-state index < -0.39 is 4.92 Å². The summed E-state index contributed by atoms with van der Waals surface area (Å²) in [5.74, 6) is -0.0780. The largest absolute Gasteiger partial charge is 0.329 e. The van der Waals surface area contributed by atoms with Gasteiger partial charge in [-0.05, 0) is 48.7 Å². The molecule has 1 aliphatic heterocycles. The third-order valence-corrected chi connectivity index (χ3v) is 6.83. The minimum Gasteiger partial charge on any atom is -0.329 e. The molecule has 1 atom stereocenters. The number of amides is 1. The maximum atomic E-state index is 13.2. The van der Waals surface area contributed by atoms with Gasteiger partial charge in [0.05, 0.1) is 11.0 Å². The fraction of sp³-hybridized carbons (Fsp3) is 0.333. The lowest BCUT2D eigenvalue weighted by Gasteiger charge is -2.35. The standard InChI is InChI=1S/C18H18N4O3S2/c1-11-17(22(24)25)12(2)21(19-11)10-16(23)20-7-5-14-13(6-9-27-14)18(20)15-4-3-8-26-15/h3-4,6,8-9,18H,5,7,10H2,1-2H3. The highest BCUT2D eigenvalue weighted by Crippen LogP contribution is 2.39. The van der Waals surface area contributed by atoms with Crippen LogP contribution in [0.2, 0.25) is 0 Å². The van der Waals surface area contributed by atoms with Crippen molar-refractivity contribution in [1.29, 1.82) is 0 Å². The van der Waals surface area contributed by atoms with Crippen LogP contribution in [0.4, 0.5) is 5.69 Å². The lowest BCUT2D eigenvalue weighted by molar-refractivity contribution is -0.386. The molecule has 7 nitrogen and oxygen atoms in total. The van der Waals surface area contributed by atoms with Gasteiger partial charge in [0.2, 0.25) is 5.91 Å². The van der Waals surface area contributed by atoms with Crippen molar-refractivity contribution in [1.82, 2.24) is 14.7 Å². The number of rotatable bonds is 4. The Hall–Kier alpha value is -2.52. The molecule has 9 heteroatoms. The quantitative estimate of drug-likeness (QED) is 0.492. The number of fused-ring (bicyclic) bond motifs is 1. The van der Waals surface area contributed by atoms with E-state index in [0.717, 1.165) is 11.3 Å². The highest BCUT2D eigenvalue weighted by Gasteiger charge is 2.34. The number of nitro groups is 1. The molecule has 0 saturated heterocycles. The van der Waals surface area contributed by atoms with Gasteiger partial charge in [-0.3, -0.25) is 19.6 Å². The zero-order chi connectivity index (χ0) is 19.1. The minimum atomic E-state index is -0.439. The van der Waals surface area contributed by atoms with Gasteiger partial charge in [0, 0.05) is 16.3 Å². The van der Waals surface area contributed by atoms with Gasteiger partial charge in [-0.2, -0.15) is 5.10 Å². The second kappa shape index (κ2) is 6.90. The Bertz CT molecular complexity index is 1010. The summed E-state index contributed by atoms with van der Waals surface area (Å²) in [6.07, 6.45) is 0.831. The minimum absolute atomic E-state index is 0.00184. The fourth-order valence-electron chi connectivity index (χ4n) is 3.66.